The van der Waals surface area contributed by atoms with Gasteiger partial charge in [0.05, 0.1) is 11.0 Å². The molecule has 124 valence electrons. The highest BCUT2D eigenvalue weighted by Crippen LogP contribution is 2.42. The van der Waals surface area contributed by atoms with Crippen LogP contribution in [0, 0.1) is 0 Å². The monoisotopic (exact) mass is 322 g/mol. The molecule has 0 amide bonds. The number of nitrogens with zero attached hydrogens (tertiary/aromatic N) is 2. The highest BCUT2D eigenvalue weighted by atomic mass is 16.3. The van der Waals surface area contributed by atoms with Crippen molar-refractivity contribution in [3.05, 3.63) is 60.3 Å². The predicted octanol–water partition coefficient (Wildman–Crippen LogP) is 3.96. The van der Waals surface area contributed by atoms with Crippen molar-refractivity contribution in [2.45, 2.75) is 38.1 Å². The lowest BCUT2D eigenvalue weighted by Gasteiger charge is -2.24. The van der Waals surface area contributed by atoms with Crippen molar-refractivity contribution in [1.82, 2.24) is 9.78 Å². The highest BCUT2D eigenvalue weighted by Gasteiger charge is 2.38. The van der Waals surface area contributed by atoms with Crippen molar-refractivity contribution in [3.8, 4) is 17.0 Å². The maximum atomic E-state index is 11.9. The standard InChI is InChI=1S/C20H22N2O2/c1-19(2,3)22-16(15-10-6-4-7-11-15)17(24)18(21-22)20(14-23)12-8-5-9-13-20/h4-12,14,24H,13H2,1-3H3. The minimum Gasteiger partial charge on any atom is -0.504 e. The molecule has 0 spiro atoms. The van der Waals surface area contributed by atoms with E-state index in [1.54, 1.807) is 0 Å². The molecule has 1 aliphatic carbocycles. The lowest BCUT2D eigenvalue weighted by Crippen LogP contribution is -2.29. The Hall–Kier alpha value is -2.62. The van der Waals surface area contributed by atoms with Crippen molar-refractivity contribution in [3.63, 3.8) is 0 Å². The first-order valence-corrected chi connectivity index (χ1v) is 8.08. The third-order valence-electron chi connectivity index (χ3n) is 4.29. The van der Waals surface area contributed by atoms with Crippen LogP contribution < -0.4 is 0 Å². The molecule has 0 saturated carbocycles. The number of benzene rings is 1. The van der Waals surface area contributed by atoms with Crippen LogP contribution in [0.1, 0.15) is 32.9 Å². The van der Waals surface area contributed by atoms with Gasteiger partial charge in [0.1, 0.15) is 17.7 Å². The van der Waals surface area contributed by atoms with Crippen molar-refractivity contribution in [1.29, 1.82) is 0 Å². The topological polar surface area (TPSA) is 55.1 Å². The summed E-state index contributed by atoms with van der Waals surface area (Å²) in [4.78, 5) is 11.9. The normalized spacial score (nSPS) is 20.3. The zero-order chi connectivity index (χ0) is 17.4. The molecule has 4 heteroatoms. The van der Waals surface area contributed by atoms with Crippen molar-refractivity contribution in [2.75, 3.05) is 0 Å². The SMILES string of the molecule is CC(C)(C)n1nc(C2(C=O)C=CC=CC2)c(O)c1-c1ccccc1. The van der Waals surface area contributed by atoms with Crippen LogP contribution in [0.15, 0.2) is 54.6 Å². The van der Waals surface area contributed by atoms with Gasteiger partial charge in [-0.15, -0.1) is 0 Å². The van der Waals surface area contributed by atoms with E-state index in [0.717, 1.165) is 11.8 Å². The summed E-state index contributed by atoms with van der Waals surface area (Å²) in [6.07, 6.45) is 8.83. The number of aromatic nitrogens is 2. The van der Waals surface area contributed by atoms with Gasteiger partial charge >= 0.3 is 0 Å². The summed E-state index contributed by atoms with van der Waals surface area (Å²) in [5.74, 6) is 0.0724. The van der Waals surface area contributed by atoms with E-state index in [9.17, 15) is 9.90 Å². The van der Waals surface area contributed by atoms with Crippen LogP contribution in [0.3, 0.4) is 0 Å². The van der Waals surface area contributed by atoms with Crippen LogP contribution >= 0.6 is 0 Å². The van der Waals surface area contributed by atoms with E-state index in [1.807, 2.05) is 80.1 Å². The fraction of sp³-hybridized carbons (Fsp3) is 0.300. The summed E-state index contributed by atoms with van der Waals surface area (Å²) in [5.41, 5.74) is 0.673. The van der Waals surface area contributed by atoms with Crippen molar-refractivity contribution >= 4 is 6.29 Å². The van der Waals surface area contributed by atoms with E-state index in [1.165, 1.54) is 0 Å². The van der Waals surface area contributed by atoms with E-state index in [0.29, 0.717) is 17.8 Å². The van der Waals surface area contributed by atoms with E-state index >= 15 is 0 Å². The summed E-state index contributed by atoms with van der Waals surface area (Å²) in [6.45, 7) is 6.08. The van der Waals surface area contributed by atoms with Crippen LogP contribution in [0.5, 0.6) is 5.75 Å². The Bertz CT molecular complexity index is 810. The second-order valence-corrected chi connectivity index (χ2v) is 7.14. The largest absolute Gasteiger partial charge is 0.504 e. The maximum absolute atomic E-state index is 11.9. The van der Waals surface area contributed by atoms with Gasteiger partial charge in [0.2, 0.25) is 0 Å². The van der Waals surface area contributed by atoms with Crippen LogP contribution in [-0.2, 0) is 15.7 Å². The van der Waals surface area contributed by atoms with Crippen molar-refractivity contribution in [2.24, 2.45) is 0 Å². The second kappa shape index (κ2) is 5.78. The van der Waals surface area contributed by atoms with Gasteiger partial charge in [-0.25, -0.2) is 0 Å². The summed E-state index contributed by atoms with van der Waals surface area (Å²) in [6, 6.07) is 9.65. The Morgan fingerprint density at radius 1 is 1.21 bits per heavy atom. The predicted molar refractivity (Wildman–Crippen MR) is 95.0 cm³/mol. The molecule has 1 N–H and O–H groups in total. The van der Waals surface area contributed by atoms with Gasteiger partial charge < -0.3 is 9.90 Å². The molecule has 1 aromatic heterocycles. The quantitative estimate of drug-likeness (QED) is 0.870. The second-order valence-electron chi connectivity index (χ2n) is 7.14. The fourth-order valence-corrected chi connectivity index (χ4v) is 3.02. The van der Waals surface area contributed by atoms with Crippen LogP contribution in [0.4, 0.5) is 0 Å². The zero-order valence-corrected chi connectivity index (χ0v) is 14.2. The van der Waals surface area contributed by atoms with Gasteiger partial charge in [0, 0.05) is 5.56 Å². The summed E-state index contributed by atoms with van der Waals surface area (Å²) in [5, 5.41) is 15.6. The van der Waals surface area contributed by atoms with Crippen molar-refractivity contribution < 1.29 is 9.90 Å². The molecule has 0 radical (unpaired) electrons. The maximum Gasteiger partial charge on any atom is 0.166 e. The molecule has 0 aliphatic heterocycles. The first kappa shape index (κ1) is 16.2. The third-order valence-corrected chi connectivity index (χ3v) is 4.29. The molecule has 1 atom stereocenters. The molecular weight excluding hydrogens is 300 g/mol. The average Bonchev–Trinajstić information content (AvgIpc) is 2.94. The number of carbonyl (C=O) groups excluding carboxylic acids is 1. The molecule has 1 aromatic carbocycles. The van der Waals surface area contributed by atoms with Crippen LogP contribution in [0.2, 0.25) is 0 Å². The van der Waals surface area contributed by atoms with Gasteiger partial charge in [-0.3, -0.25) is 4.68 Å². The van der Waals surface area contributed by atoms with Gasteiger partial charge in [-0.05, 0) is 27.2 Å². The lowest BCUT2D eigenvalue weighted by atomic mass is 9.79. The molecule has 1 aliphatic rings. The first-order chi connectivity index (χ1) is 11.4. The van der Waals surface area contributed by atoms with E-state index in [4.69, 9.17) is 0 Å². The number of allylic oxidation sites excluding steroid dienone is 4. The number of aromatic hydroxyl groups is 1. The Balaban J connectivity index is 2.27. The Morgan fingerprint density at radius 2 is 1.92 bits per heavy atom. The van der Waals surface area contributed by atoms with E-state index < -0.39 is 5.41 Å². The van der Waals surface area contributed by atoms with Gasteiger partial charge in [0.25, 0.3) is 0 Å². The molecule has 1 heterocycles. The van der Waals surface area contributed by atoms with E-state index in [-0.39, 0.29) is 11.3 Å². The Labute approximate surface area is 142 Å². The molecule has 4 nitrogen and oxygen atoms in total. The smallest absolute Gasteiger partial charge is 0.166 e. The molecule has 0 fully saturated rings. The summed E-state index contributed by atoms with van der Waals surface area (Å²) in [7, 11) is 0. The molecule has 0 bridgehead atoms. The minimum atomic E-state index is -0.918. The van der Waals surface area contributed by atoms with E-state index in [2.05, 4.69) is 5.10 Å². The molecular formula is C20H22N2O2. The van der Waals surface area contributed by atoms with Crippen LogP contribution in [0.25, 0.3) is 11.3 Å². The Morgan fingerprint density at radius 3 is 2.46 bits per heavy atom. The molecule has 0 saturated heterocycles. The average molecular weight is 322 g/mol. The molecule has 24 heavy (non-hydrogen) atoms. The zero-order valence-electron chi connectivity index (χ0n) is 14.2. The van der Waals surface area contributed by atoms with Crippen LogP contribution in [-0.4, -0.2) is 21.2 Å². The van der Waals surface area contributed by atoms with Gasteiger partial charge in [0.15, 0.2) is 5.75 Å². The number of aldehydes is 1. The molecule has 3 rings (SSSR count). The first-order valence-electron chi connectivity index (χ1n) is 8.08. The number of hydrogen-bond acceptors (Lipinski definition) is 3. The number of rotatable bonds is 3. The van der Waals surface area contributed by atoms with Gasteiger partial charge in [-0.1, -0.05) is 54.6 Å². The highest BCUT2D eigenvalue weighted by molar-refractivity contribution is 5.78. The Kier molecular flexibility index (Phi) is 3.91. The van der Waals surface area contributed by atoms with Gasteiger partial charge in [-0.2, -0.15) is 5.10 Å². The number of hydrogen-bond donors (Lipinski definition) is 1. The summed E-state index contributed by atoms with van der Waals surface area (Å²) < 4.78 is 1.81. The third kappa shape index (κ3) is 2.58. The lowest BCUT2D eigenvalue weighted by molar-refractivity contribution is -0.111. The minimum absolute atomic E-state index is 0.0724. The molecule has 2 aromatic rings. The summed E-state index contributed by atoms with van der Waals surface area (Å²) >= 11 is 0. The fourth-order valence-electron chi connectivity index (χ4n) is 3.02. The number of carbonyl (C=O) groups is 1. The molecule has 1 unspecified atom stereocenters.